The van der Waals surface area contributed by atoms with E-state index in [1.807, 2.05) is 13.8 Å². The van der Waals surface area contributed by atoms with Gasteiger partial charge in [-0.2, -0.15) is 0 Å². The number of carbonyl (C=O) groups excluding carboxylic acids is 1. The highest BCUT2D eigenvalue weighted by atomic mass is 16.5. The Hall–Kier alpha value is -1.95. The van der Waals surface area contributed by atoms with E-state index in [-0.39, 0.29) is 23.2 Å². The zero-order valence-corrected chi connectivity index (χ0v) is 11.3. The summed E-state index contributed by atoms with van der Waals surface area (Å²) in [5, 5.41) is 8.78. The van der Waals surface area contributed by atoms with Crippen LogP contribution in [0.3, 0.4) is 0 Å². The van der Waals surface area contributed by atoms with Gasteiger partial charge in [-0.3, -0.25) is 9.78 Å². The fraction of sp³-hybridized carbons (Fsp3) is 0.462. The van der Waals surface area contributed by atoms with Gasteiger partial charge in [0.05, 0.1) is 18.2 Å². The van der Waals surface area contributed by atoms with Crippen LogP contribution in [0.4, 0.5) is 0 Å². The molecule has 104 valence electrons. The molecule has 1 heterocycles. The van der Waals surface area contributed by atoms with Crippen molar-refractivity contribution in [2.75, 3.05) is 20.3 Å². The van der Waals surface area contributed by atoms with Crippen molar-refractivity contribution in [2.45, 2.75) is 19.9 Å². The summed E-state index contributed by atoms with van der Waals surface area (Å²) in [6.07, 6.45) is 1.18. The van der Waals surface area contributed by atoms with Gasteiger partial charge in [-0.05, 0) is 26.0 Å². The summed E-state index contributed by atoms with van der Waals surface area (Å²) >= 11 is 0. The van der Waals surface area contributed by atoms with Crippen molar-refractivity contribution in [1.29, 1.82) is 0 Å². The average molecular weight is 266 g/mol. The van der Waals surface area contributed by atoms with Crippen LogP contribution in [0.15, 0.2) is 18.3 Å². The van der Waals surface area contributed by atoms with Crippen LogP contribution in [0.25, 0.3) is 0 Å². The number of rotatable bonds is 6. The maximum Gasteiger partial charge on any atom is 0.337 e. The lowest BCUT2D eigenvalue weighted by Crippen LogP contribution is -2.41. The molecule has 0 spiro atoms. The van der Waals surface area contributed by atoms with Gasteiger partial charge in [-0.1, -0.05) is 0 Å². The van der Waals surface area contributed by atoms with E-state index in [9.17, 15) is 9.59 Å². The second-order valence-corrected chi connectivity index (χ2v) is 4.13. The van der Waals surface area contributed by atoms with Crippen LogP contribution in [-0.4, -0.2) is 53.2 Å². The molecule has 0 bridgehead atoms. The smallest absolute Gasteiger partial charge is 0.337 e. The minimum Gasteiger partial charge on any atom is -0.478 e. The van der Waals surface area contributed by atoms with E-state index in [0.717, 1.165) is 0 Å². The lowest BCUT2D eigenvalue weighted by atomic mass is 10.2. The molecule has 1 aromatic rings. The van der Waals surface area contributed by atoms with E-state index in [1.54, 1.807) is 12.0 Å². The molecule has 0 aliphatic heterocycles. The molecule has 0 fully saturated rings. The third kappa shape index (κ3) is 3.75. The minimum absolute atomic E-state index is 0.0598. The standard InChI is InChI=1S/C13H18N2O4/c1-4-15(9(2)8-19-3)12(16)11-6-5-10(7-14-11)13(17)18/h5-7,9H,4,8H2,1-3H3,(H,17,18). The number of hydrogen-bond donors (Lipinski definition) is 1. The number of carboxylic acid groups (broad SMARTS) is 1. The topological polar surface area (TPSA) is 79.7 Å². The van der Waals surface area contributed by atoms with Crippen LogP contribution in [0.5, 0.6) is 0 Å². The first kappa shape index (κ1) is 15.1. The summed E-state index contributed by atoms with van der Waals surface area (Å²) in [7, 11) is 1.58. The second-order valence-electron chi connectivity index (χ2n) is 4.13. The van der Waals surface area contributed by atoms with Crippen molar-refractivity contribution in [3.8, 4) is 0 Å². The number of carboxylic acids is 1. The number of likely N-dealkylation sites (N-methyl/N-ethyl adjacent to an activating group) is 1. The number of amides is 1. The predicted molar refractivity (Wildman–Crippen MR) is 69.2 cm³/mol. The molecule has 1 rings (SSSR count). The summed E-state index contributed by atoms with van der Waals surface area (Å²) in [6, 6.07) is 2.73. The molecule has 0 aromatic carbocycles. The summed E-state index contributed by atoms with van der Waals surface area (Å²) in [5.74, 6) is -1.30. The minimum atomic E-state index is -1.06. The van der Waals surface area contributed by atoms with Gasteiger partial charge in [0.1, 0.15) is 5.69 Å². The van der Waals surface area contributed by atoms with Gasteiger partial charge >= 0.3 is 5.97 Å². The van der Waals surface area contributed by atoms with Gasteiger partial charge in [-0.15, -0.1) is 0 Å². The number of methoxy groups -OCH3 is 1. The van der Waals surface area contributed by atoms with Gasteiger partial charge in [0, 0.05) is 19.9 Å². The fourth-order valence-electron chi connectivity index (χ4n) is 1.78. The third-order valence-corrected chi connectivity index (χ3v) is 2.77. The molecule has 1 aromatic heterocycles. The van der Waals surface area contributed by atoms with Gasteiger partial charge in [0.15, 0.2) is 0 Å². The molecule has 19 heavy (non-hydrogen) atoms. The maximum atomic E-state index is 12.2. The van der Waals surface area contributed by atoms with Crippen molar-refractivity contribution in [1.82, 2.24) is 9.88 Å². The van der Waals surface area contributed by atoms with Gasteiger partial charge in [-0.25, -0.2) is 4.79 Å². The van der Waals surface area contributed by atoms with Crippen LogP contribution in [0, 0.1) is 0 Å². The number of ether oxygens (including phenoxy) is 1. The Balaban J connectivity index is 2.88. The van der Waals surface area contributed by atoms with Crippen LogP contribution in [-0.2, 0) is 4.74 Å². The van der Waals surface area contributed by atoms with Crippen molar-refractivity contribution in [3.05, 3.63) is 29.6 Å². The summed E-state index contributed by atoms with van der Waals surface area (Å²) in [6.45, 7) is 4.73. The number of carbonyl (C=O) groups is 2. The Morgan fingerprint density at radius 1 is 1.47 bits per heavy atom. The highest BCUT2D eigenvalue weighted by molar-refractivity contribution is 5.94. The van der Waals surface area contributed by atoms with E-state index in [4.69, 9.17) is 9.84 Å². The quantitative estimate of drug-likeness (QED) is 0.839. The summed E-state index contributed by atoms with van der Waals surface area (Å²) in [4.78, 5) is 28.5. The zero-order chi connectivity index (χ0) is 14.4. The first-order valence-electron chi connectivity index (χ1n) is 6.00. The zero-order valence-electron chi connectivity index (χ0n) is 11.3. The molecule has 6 nitrogen and oxygen atoms in total. The average Bonchev–Trinajstić information content (AvgIpc) is 2.39. The van der Waals surface area contributed by atoms with E-state index < -0.39 is 5.97 Å². The second kappa shape index (κ2) is 6.84. The van der Waals surface area contributed by atoms with Crippen molar-refractivity contribution in [2.24, 2.45) is 0 Å². The van der Waals surface area contributed by atoms with E-state index in [2.05, 4.69) is 4.98 Å². The summed E-state index contributed by atoms with van der Waals surface area (Å²) in [5.41, 5.74) is 0.291. The molecular formula is C13H18N2O4. The molecule has 6 heteroatoms. The molecule has 1 N–H and O–H groups in total. The molecule has 1 atom stereocenters. The lowest BCUT2D eigenvalue weighted by molar-refractivity contribution is 0.0572. The Morgan fingerprint density at radius 2 is 2.16 bits per heavy atom. The van der Waals surface area contributed by atoms with Crippen molar-refractivity contribution >= 4 is 11.9 Å². The van der Waals surface area contributed by atoms with Crippen LogP contribution >= 0.6 is 0 Å². The fourth-order valence-corrected chi connectivity index (χ4v) is 1.78. The largest absolute Gasteiger partial charge is 0.478 e. The predicted octanol–water partition coefficient (Wildman–Crippen LogP) is 1.28. The monoisotopic (exact) mass is 266 g/mol. The number of aromatic nitrogens is 1. The molecule has 1 amide bonds. The Morgan fingerprint density at radius 3 is 2.58 bits per heavy atom. The molecule has 0 saturated heterocycles. The highest BCUT2D eigenvalue weighted by Gasteiger charge is 2.21. The van der Waals surface area contributed by atoms with Gasteiger partial charge in [0.2, 0.25) is 0 Å². The molecule has 0 saturated carbocycles. The van der Waals surface area contributed by atoms with Crippen LogP contribution in [0.2, 0.25) is 0 Å². The van der Waals surface area contributed by atoms with Crippen molar-refractivity contribution in [3.63, 3.8) is 0 Å². The van der Waals surface area contributed by atoms with Crippen LogP contribution in [0.1, 0.15) is 34.7 Å². The van der Waals surface area contributed by atoms with Gasteiger partial charge < -0.3 is 14.7 Å². The first-order chi connectivity index (χ1) is 9.01. The number of hydrogen-bond acceptors (Lipinski definition) is 4. The van der Waals surface area contributed by atoms with E-state index in [1.165, 1.54) is 18.3 Å². The Bertz CT molecular complexity index is 444. The Labute approximate surface area is 112 Å². The molecule has 0 aliphatic carbocycles. The van der Waals surface area contributed by atoms with Crippen molar-refractivity contribution < 1.29 is 19.4 Å². The van der Waals surface area contributed by atoms with E-state index >= 15 is 0 Å². The first-order valence-corrected chi connectivity index (χ1v) is 6.00. The normalized spacial score (nSPS) is 11.9. The number of nitrogens with zero attached hydrogens (tertiary/aromatic N) is 2. The Kier molecular flexibility index (Phi) is 5.44. The third-order valence-electron chi connectivity index (χ3n) is 2.77. The lowest BCUT2D eigenvalue weighted by Gasteiger charge is -2.27. The SMILES string of the molecule is CCN(C(=O)c1ccc(C(=O)O)cn1)C(C)COC. The van der Waals surface area contributed by atoms with Crippen LogP contribution < -0.4 is 0 Å². The number of pyridine rings is 1. The molecule has 0 aliphatic rings. The molecular weight excluding hydrogens is 248 g/mol. The molecule has 1 unspecified atom stereocenters. The van der Waals surface area contributed by atoms with E-state index in [0.29, 0.717) is 13.2 Å². The highest BCUT2D eigenvalue weighted by Crippen LogP contribution is 2.08. The van der Waals surface area contributed by atoms with Gasteiger partial charge in [0.25, 0.3) is 5.91 Å². The number of aromatic carboxylic acids is 1. The molecule has 0 radical (unpaired) electrons. The maximum absolute atomic E-state index is 12.2. The summed E-state index contributed by atoms with van der Waals surface area (Å²) < 4.78 is 5.03.